The Hall–Kier alpha value is -2.14. The van der Waals surface area contributed by atoms with Crippen molar-refractivity contribution >= 4 is 16.8 Å². The highest BCUT2D eigenvalue weighted by molar-refractivity contribution is 6.06. The van der Waals surface area contributed by atoms with E-state index in [9.17, 15) is 4.79 Å². The van der Waals surface area contributed by atoms with Gasteiger partial charge in [-0.3, -0.25) is 9.78 Å². The molecule has 0 bridgehead atoms. The molecule has 0 aliphatic carbocycles. The molecule has 1 atom stereocenters. The summed E-state index contributed by atoms with van der Waals surface area (Å²) >= 11 is 0. The van der Waals surface area contributed by atoms with E-state index >= 15 is 0 Å². The Kier molecular flexibility index (Phi) is 5.23. The first-order valence-corrected chi connectivity index (χ1v) is 8.90. The summed E-state index contributed by atoms with van der Waals surface area (Å²) < 4.78 is 5.28. The molecule has 2 heterocycles. The first-order chi connectivity index (χ1) is 12.0. The molecule has 1 saturated heterocycles. The second-order valence-electron chi connectivity index (χ2n) is 7.01. The molecular formula is C20H27N3O2. The molecule has 0 spiro atoms. The lowest BCUT2D eigenvalue weighted by Gasteiger charge is -2.35. The van der Waals surface area contributed by atoms with Crippen LogP contribution in [0.15, 0.2) is 24.3 Å². The third kappa shape index (κ3) is 3.76. The lowest BCUT2D eigenvalue weighted by Crippen LogP contribution is -2.45. The SMILES string of the molecule is COc1ccc2c(C(=O)N(C)C[C@H]3CCCCN3C)cc(C)nc2c1. The maximum absolute atomic E-state index is 13.1. The van der Waals surface area contributed by atoms with Crippen LogP contribution in [0.1, 0.15) is 35.3 Å². The van der Waals surface area contributed by atoms with Crippen molar-refractivity contribution in [3.63, 3.8) is 0 Å². The highest BCUT2D eigenvalue weighted by Gasteiger charge is 2.24. The molecule has 3 rings (SSSR count). The summed E-state index contributed by atoms with van der Waals surface area (Å²) in [5, 5.41) is 0.875. The Morgan fingerprint density at radius 3 is 2.88 bits per heavy atom. The van der Waals surface area contributed by atoms with Crippen LogP contribution in [0.4, 0.5) is 0 Å². The second-order valence-corrected chi connectivity index (χ2v) is 7.01. The number of aryl methyl sites for hydroxylation is 1. The lowest BCUT2D eigenvalue weighted by atomic mass is 10.0. The number of rotatable bonds is 4. The molecule has 134 valence electrons. The van der Waals surface area contributed by atoms with Gasteiger partial charge in [0.2, 0.25) is 0 Å². The third-order valence-electron chi connectivity index (χ3n) is 5.13. The first-order valence-electron chi connectivity index (χ1n) is 8.90. The zero-order valence-electron chi connectivity index (χ0n) is 15.6. The minimum absolute atomic E-state index is 0.0552. The fourth-order valence-electron chi connectivity index (χ4n) is 3.62. The van der Waals surface area contributed by atoms with Crippen molar-refractivity contribution < 1.29 is 9.53 Å². The number of ether oxygens (including phenoxy) is 1. The molecule has 5 heteroatoms. The van der Waals surface area contributed by atoms with Gasteiger partial charge in [0.25, 0.3) is 5.91 Å². The number of amides is 1. The van der Waals surface area contributed by atoms with Gasteiger partial charge in [0.1, 0.15) is 5.75 Å². The molecular weight excluding hydrogens is 314 g/mol. The van der Waals surface area contributed by atoms with Crippen molar-refractivity contribution in [2.75, 3.05) is 34.3 Å². The zero-order chi connectivity index (χ0) is 18.0. The largest absolute Gasteiger partial charge is 0.497 e. The Morgan fingerprint density at radius 1 is 1.36 bits per heavy atom. The first kappa shape index (κ1) is 17.7. The highest BCUT2D eigenvalue weighted by Crippen LogP contribution is 2.25. The summed E-state index contributed by atoms with van der Waals surface area (Å²) in [6, 6.07) is 8.02. The summed E-state index contributed by atoms with van der Waals surface area (Å²) in [5.74, 6) is 0.806. The number of fused-ring (bicyclic) bond motifs is 1. The molecule has 1 amide bonds. The number of carbonyl (C=O) groups excluding carboxylic acids is 1. The van der Waals surface area contributed by atoms with Gasteiger partial charge in [0.05, 0.1) is 18.2 Å². The van der Waals surface area contributed by atoms with Crippen LogP contribution in [0.5, 0.6) is 5.75 Å². The van der Waals surface area contributed by atoms with Crippen molar-refractivity contribution in [3.8, 4) is 5.75 Å². The van der Waals surface area contributed by atoms with E-state index in [-0.39, 0.29) is 5.91 Å². The highest BCUT2D eigenvalue weighted by atomic mass is 16.5. The number of aromatic nitrogens is 1. The number of likely N-dealkylation sites (tertiary alicyclic amines) is 1. The maximum Gasteiger partial charge on any atom is 0.254 e. The molecule has 1 aliphatic heterocycles. The Morgan fingerprint density at radius 2 is 2.16 bits per heavy atom. The monoisotopic (exact) mass is 341 g/mol. The average molecular weight is 341 g/mol. The fourth-order valence-corrected chi connectivity index (χ4v) is 3.62. The number of pyridine rings is 1. The molecule has 0 unspecified atom stereocenters. The third-order valence-corrected chi connectivity index (χ3v) is 5.13. The van der Waals surface area contributed by atoms with E-state index in [4.69, 9.17) is 4.74 Å². The van der Waals surface area contributed by atoms with Crippen molar-refractivity contribution in [2.45, 2.75) is 32.2 Å². The van der Waals surface area contributed by atoms with Crippen molar-refractivity contribution in [1.29, 1.82) is 0 Å². The van der Waals surface area contributed by atoms with Crippen molar-refractivity contribution in [3.05, 3.63) is 35.5 Å². The van der Waals surface area contributed by atoms with E-state index in [1.54, 1.807) is 7.11 Å². The number of nitrogens with zero attached hydrogens (tertiary/aromatic N) is 3. The number of benzene rings is 1. The molecule has 1 aromatic heterocycles. The predicted molar refractivity (Wildman–Crippen MR) is 100 cm³/mol. The van der Waals surface area contributed by atoms with E-state index in [0.29, 0.717) is 11.6 Å². The van der Waals surface area contributed by atoms with Gasteiger partial charge in [-0.15, -0.1) is 0 Å². The number of hydrogen-bond donors (Lipinski definition) is 0. The molecule has 25 heavy (non-hydrogen) atoms. The second kappa shape index (κ2) is 7.40. The van der Waals surface area contributed by atoms with Crippen LogP contribution in [-0.2, 0) is 0 Å². The standard InChI is InChI=1S/C20H27N3O2/c1-14-11-18(17-9-8-16(25-4)12-19(17)21-14)20(24)23(3)13-15-7-5-6-10-22(15)2/h8-9,11-12,15H,5-7,10,13H2,1-4H3/t15-/m1/s1. The van der Waals surface area contributed by atoms with Crippen molar-refractivity contribution in [1.82, 2.24) is 14.8 Å². The summed E-state index contributed by atoms with van der Waals surface area (Å²) in [5.41, 5.74) is 2.35. The summed E-state index contributed by atoms with van der Waals surface area (Å²) in [6.45, 7) is 3.79. The van der Waals surface area contributed by atoms with E-state index < -0.39 is 0 Å². The molecule has 1 fully saturated rings. The Balaban J connectivity index is 1.88. The van der Waals surface area contributed by atoms with E-state index in [2.05, 4.69) is 16.9 Å². The summed E-state index contributed by atoms with van der Waals surface area (Å²) in [6.07, 6.45) is 3.65. The van der Waals surface area contributed by atoms with Crippen LogP contribution in [-0.4, -0.2) is 61.0 Å². The fraction of sp³-hybridized carbons (Fsp3) is 0.500. The van der Waals surface area contributed by atoms with Crippen LogP contribution < -0.4 is 4.74 Å². The molecule has 1 aromatic carbocycles. The topological polar surface area (TPSA) is 45.7 Å². The minimum Gasteiger partial charge on any atom is -0.497 e. The Bertz CT molecular complexity index is 775. The van der Waals surface area contributed by atoms with E-state index in [0.717, 1.165) is 41.9 Å². The summed E-state index contributed by atoms with van der Waals surface area (Å²) in [4.78, 5) is 21.9. The van der Waals surface area contributed by atoms with Crippen LogP contribution in [0, 0.1) is 6.92 Å². The zero-order valence-corrected chi connectivity index (χ0v) is 15.6. The van der Waals surface area contributed by atoms with Gasteiger partial charge in [0, 0.05) is 36.8 Å². The van der Waals surface area contributed by atoms with Crippen LogP contribution in [0.3, 0.4) is 0 Å². The summed E-state index contributed by atoms with van der Waals surface area (Å²) in [7, 11) is 5.69. The van der Waals surface area contributed by atoms with E-state index in [1.165, 1.54) is 12.8 Å². The van der Waals surface area contributed by atoms with Gasteiger partial charge < -0.3 is 14.5 Å². The van der Waals surface area contributed by atoms with E-state index in [1.807, 2.05) is 43.1 Å². The van der Waals surface area contributed by atoms with Gasteiger partial charge in [-0.1, -0.05) is 6.42 Å². The van der Waals surface area contributed by atoms with Gasteiger partial charge in [-0.25, -0.2) is 0 Å². The molecule has 1 aliphatic rings. The smallest absolute Gasteiger partial charge is 0.254 e. The van der Waals surface area contributed by atoms with Gasteiger partial charge in [-0.2, -0.15) is 0 Å². The number of likely N-dealkylation sites (N-methyl/N-ethyl adjacent to an activating group) is 2. The predicted octanol–water partition coefficient (Wildman–Crippen LogP) is 3.11. The molecule has 0 radical (unpaired) electrons. The van der Waals surface area contributed by atoms with Crippen LogP contribution in [0.25, 0.3) is 10.9 Å². The molecule has 0 saturated carbocycles. The normalized spacial score (nSPS) is 18.3. The minimum atomic E-state index is 0.0552. The number of piperidine rings is 1. The molecule has 2 aromatic rings. The number of hydrogen-bond acceptors (Lipinski definition) is 4. The molecule has 0 N–H and O–H groups in total. The van der Waals surface area contributed by atoms with Gasteiger partial charge in [-0.05, 0) is 51.6 Å². The lowest BCUT2D eigenvalue weighted by molar-refractivity contribution is 0.0718. The van der Waals surface area contributed by atoms with Crippen molar-refractivity contribution in [2.24, 2.45) is 0 Å². The quantitative estimate of drug-likeness (QED) is 0.857. The van der Waals surface area contributed by atoms with Crippen LogP contribution >= 0.6 is 0 Å². The Labute approximate surface area is 149 Å². The number of carbonyl (C=O) groups is 1. The van der Waals surface area contributed by atoms with Gasteiger partial charge >= 0.3 is 0 Å². The maximum atomic E-state index is 13.1. The average Bonchev–Trinajstić information content (AvgIpc) is 2.61. The number of methoxy groups -OCH3 is 1. The molecule has 5 nitrogen and oxygen atoms in total. The van der Waals surface area contributed by atoms with Crippen LogP contribution in [0.2, 0.25) is 0 Å². The van der Waals surface area contributed by atoms with Gasteiger partial charge in [0.15, 0.2) is 0 Å².